The topological polar surface area (TPSA) is 61.4 Å². The molecule has 0 aromatic heterocycles. The van der Waals surface area contributed by atoms with Crippen molar-refractivity contribution in [3.63, 3.8) is 0 Å². The maximum absolute atomic E-state index is 10.6. The van der Waals surface area contributed by atoms with Gasteiger partial charge in [-0.1, -0.05) is 30.3 Å². The van der Waals surface area contributed by atoms with Crippen molar-refractivity contribution in [1.29, 1.82) is 0 Å². The Labute approximate surface area is 88.3 Å². The highest BCUT2D eigenvalue weighted by Gasteiger charge is 2.29. The number of carboxylic acid groups (broad SMARTS) is 1. The molecule has 4 heteroatoms. The van der Waals surface area contributed by atoms with Gasteiger partial charge < -0.3 is 15.7 Å². The minimum atomic E-state index is -0.954. The van der Waals surface area contributed by atoms with Gasteiger partial charge in [0.25, 0.3) is 0 Å². The Morgan fingerprint density at radius 3 is 2.73 bits per heavy atom. The van der Waals surface area contributed by atoms with E-state index >= 15 is 0 Å². The van der Waals surface area contributed by atoms with Crippen molar-refractivity contribution >= 4 is 6.09 Å². The number of hydrogen-bond donors (Lipinski definition) is 3. The first-order chi connectivity index (χ1) is 7.27. The molecule has 2 rings (SSSR count). The molecule has 15 heavy (non-hydrogen) atoms. The van der Waals surface area contributed by atoms with Gasteiger partial charge in [0.2, 0.25) is 0 Å². The summed E-state index contributed by atoms with van der Waals surface area (Å²) in [6.45, 7) is 1.53. The number of benzene rings is 1. The van der Waals surface area contributed by atoms with E-state index in [1.165, 1.54) is 5.56 Å². The van der Waals surface area contributed by atoms with E-state index in [-0.39, 0.29) is 12.0 Å². The zero-order valence-electron chi connectivity index (χ0n) is 8.31. The maximum atomic E-state index is 10.6. The zero-order chi connectivity index (χ0) is 10.7. The van der Waals surface area contributed by atoms with E-state index in [0.29, 0.717) is 6.54 Å². The van der Waals surface area contributed by atoms with E-state index in [2.05, 4.69) is 10.6 Å². The minimum Gasteiger partial charge on any atom is -0.465 e. The van der Waals surface area contributed by atoms with Crippen LogP contribution in [0.2, 0.25) is 0 Å². The summed E-state index contributed by atoms with van der Waals surface area (Å²) in [6, 6.07) is 9.97. The van der Waals surface area contributed by atoms with Gasteiger partial charge in [-0.05, 0) is 5.56 Å². The van der Waals surface area contributed by atoms with Crippen LogP contribution in [0.3, 0.4) is 0 Å². The van der Waals surface area contributed by atoms with E-state index in [0.717, 1.165) is 6.54 Å². The fraction of sp³-hybridized carbons (Fsp3) is 0.364. The number of hydrogen-bond acceptors (Lipinski definition) is 2. The number of nitrogens with one attached hydrogen (secondary N) is 2. The van der Waals surface area contributed by atoms with Gasteiger partial charge in [0, 0.05) is 19.0 Å². The lowest BCUT2D eigenvalue weighted by molar-refractivity contribution is 0.189. The van der Waals surface area contributed by atoms with Crippen LogP contribution in [-0.4, -0.2) is 30.3 Å². The Balaban J connectivity index is 2.11. The molecule has 2 atom stereocenters. The van der Waals surface area contributed by atoms with E-state index in [9.17, 15) is 4.79 Å². The molecule has 1 saturated heterocycles. The molecule has 1 aromatic carbocycles. The molecule has 1 aliphatic rings. The molecule has 80 valence electrons. The number of carbonyl (C=O) groups is 1. The van der Waals surface area contributed by atoms with E-state index in [4.69, 9.17) is 5.11 Å². The number of amides is 1. The lowest BCUT2D eigenvalue weighted by Gasteiger charge is -2.18. The predicted octanol–water partition coefficient (Wildman–Crippen LogP) is 1.01. The van der Waals surface area contributed by atoms with Crippen molar-refractivity contribution in [3.05, 3.63) is 35.9 Å². The van der Waals surface area contributed by atoms with Crippen molar-refractivity contribution < 1.29 is 9.90 Å². The average molecular weight is 206 g/mol. The highest BCUT2D eigenvalue weighted by molar-refractivity contribution is 5.65. The average Bonchev–Trinajstić information content (AvgIpc) is 2.66. The van der Waals surface area contributed by atoms with Crippen LogP contribution in [0.25, 0.3) is 0 Å². The highest BCUT2D eigenvalue weighted by atomic mass is 16.4. The maximum Gasteiger partial charge on any atom is 0.404 e. The lowest BCUT2D eigenvalue weighted by Crippen LogP contribution is -2.38. The van der Waals surface area contributed by atoms with Gasteiger partial charge in [0.15, 0.2) is 0 Å². The van der Waals surface area contributed by atoms with Crippen molar-refractivity contribution in [1.82, 2.24) is 10.6 Å². The molecule has 4 nitrogen and oxygen atoms in total. The van der Waals surface area contributed by atoms with Crippen LogP contribution < -0.4 is 10.6 Å². The van der Waals surface area contributed by atoms with E-state index in [1.54, 1.807) is 0 Å². The summed E-state index contributed by atoms with van der Waals surface area (Å²) in [5, 5.41) is 14.4. The van der Waals surface area contributed by atoms with Crippen molar-refractivity contribution in [2.75, 3.05) is 13.1 Å². The number of rotatable bonds is 2. The summed E-state index contributed by atoms with van der Waals surface area (Å²) in [6.07, 6.45) is -0.954. The molecular formula is C11H14N2O2. The summed E-state index contributed by atoms with van der Waals surface area (Å²) >= 11 is 0. The molecule has 3 N–H and O–H groups in total. The van der Waals surface area contributed by atoms with Gasteiger partial charge in [0.1, 0.15) is 0 Å². The van der Waals surface area contributed by atoms with Gasteiger partial charge in [-0.25, -0.2) is 4.79 Å². The Morgan fingerprint density at radius 2 is 2.07 bits per heavy atom. The van der Waals surface area contributed by atoms with Gasteiger partial charge in [-0.15, -0.1) is 0 Å². The molecule has 0 aliphatic carbocycles. The van der Waals surface area contributed by atoms with Crippen LogP contribution in [0.4, 0.5) is 4.79 Å². The predicted molar refractivity (Wildman–Crippen MR) is 57.0 cm³/mol. The standard InChI is InChI=1S/C11H14N2O2/c14-11(15)13-10-7-12-6-9(10)8-4-2-1-3-5-8/h1-5,9-10,12-13H,6-7H2,(H,14,15)/t9-,10+/m1/s1. The Morgan fingerprint density at radius 1 is 1.33 bits per heavy atom. The third-order valence-corrected chi connectivity index (χ3v) is 2.75. The molecule has 0 spiro atoms. The largest absolute Gasteiger partial charge is 0.465 e. The molecule has 1 amide bonds. The quantitative estimate of drug-likeness (QED) is 0.676. The van der Waals surface area contributed by atoms with Crippen molar-refractivity contribution in [3.8, 4) is 0 Å². The molecule has 1 fully saturated rings. The molecule has 1 aromatic rings. The highest BCUT2D eigenvalue weighted by Crippen LogP contribution is 2.22. The van der Waals surface area contributed by atoms with E-state index < -0.39 is 6.09 Å². The van der Waals surface area contributed by atoms with Crippen LogP contribution in [0, 0.1) is 0 Å². The van der Waals surface area contributed by atoms with Crippen LogP contribution in [-0.2, 0) is 0 Å². The van der Waals surface area contributed by atoms with Gasteiger partial charge in [-0.2, -0.15) is 0 Å². The molecule has 1 heterocycles. The molecule has 0 radical (unpaired) electrons. The SMILES string of the molecule is O=C(O)N[C@H]1CNC[C@@H]1c1ccccc1. The van der Waals surface area contributed by atoms with Crippen molar-refractivity contribution in [2.24, 2.45) is 0 Å². The minimum absolute atomic E-state index is 0.0232. The Hall–Kier alpha value is -1.55. The van der Waals surface area contributed by atoms with Gasteiger partial charge >= 0.3 is 6.09 Å². The zero-order valence-corrected chi connectivity index (χ0v) is 8.31. The fourth-order valence-corrected chi connectivity index (χ4v) is 2.04. The van der Waals surface area contributed by atoms with Crippen LogP contribution in [0.5, 0.6) is 0 Å². The third-order valence-electron chi connectivity index (χ3n) is 2.75. The van der Waals surface area contributed by atoms with Crippen molar-refractivity contribution in [2.45, 2.75) is 12.0 Å². The summed E-state index contributed by atoms with van der Waals surface area (Å²) < 4.78 is 0. The second-order valence-electron chi connectivity index (χ2n) is 3.73. The first-order valence-corrected chi connectivity index (χ1v) is 5.02. The molecule has 1 aliphatic heterocycles. The molecule has 0 bridgehead atoms. The van der Waals surface area contributed by atoms with Crippen LogP contribution >= 0.6 is 0 Å². The normalized spacial score (nSPS) is 25.1. The second-order valence-corrected chi connectivity index (χ2v) is 3.73. The first-order valence-electron chi connectivity index (χ1n) is 5.02. The molecule has 0 unspecified atom stereocenters. The summed E-state index contributed by atoms with van der Waals surface area (Å²) in [5.74, 6) is 0.238. The summed E-state index contributed by atoms with van der Waals surface area (Å²) in [7, 11) is 0. The van der Waals surface area contributed by atoms with Crippen LogP contribution in [0.1, 0.15) is 11.5 Å². The van der Waals surface area contributed by atoms with Gasteiger partial charge in [0.05, 0.1) is 6.04 Å². The monoisotopic (exact) mass is 206 g/mol. The summed E-state index contributed by atoms with van der Waals surface area (Å²) in [5.41, 5.74) is 1.18. The fourth-order valence-electron chi connectivity index (χ4n) is 2.04. The first kappa shape index (κ1) is 9.98. The smallest absolute Gasteiger partial charge is 0.404 e. The summed E-state index contributed by atoms with van der Waals surface area (Å²) in [4.78, 5) is 10.6. The Kier molecular flexibility index (Phi) is 2.87. The second kappa shape index (κ2) is 4.31. The third kappa shape index (κ3) is 2.27. The molecule has 0 saturated carbocycles. The van der Waals surface area contributed by atoms with Crippen LogP contribution in [0.15, 0.2) is 30.3 Å². The lowest BCUT2D eigenvalue weighted by atomic mass is 9.94. The van der Waals surface area contributed by atoms with E-state index in [1.807, 2.05) is 30.3 Å². The Bertz CT molecular complexity index is 340. The van der Waals surface area contributed by atoms with Gasteiger partial charge in [-0.3, -0.25) is 0 Å². The molecular weight excluding hydrogens is 192 g/mol.